The van der Waals surface area contributed by atoms with Gasteiger partial charge < -0.3 is 0 Å². The third-order valence-corrected chi connectivity index (χ3v) is 5.22. The monoisotopic (exact) mass is 425 g/mol. The molecule has 0 spiro atoms. The third kappa shape index (κ3) is 4.29. The smallest absolute Gasteiger partial charge is 0.131 e. The van der Waals surface area contributed by atoms with Crippen molar-refractivity contribution < 1.29 is 4.39 Å². The molecule has 0 saturated carbocycles. The molecule has 4 heteroatoms. The SMILES string of the molecule is CC(C)(C)c1ccc(-c2cc(-c3ccccc3F)c3cc(Cl)ccc3n2)cc1.Cl. The second-order valence-electron chi connectivity index (χ2n) is 8.02. The fraction of sp³-hybridized carbons (Fsp3) is 0.160. The maximum atomic E-state index is 14.6. The number of benzene rings is 3. The highest BCUT2D eigenvalue weighted by atomic mass is 35.5. The zero-order valence-electron chi connectivity index (χ0n) is 16.5. The van der Waals surface area contributed by atoms with Crippen molar-refractivity contribution in [2.45, 2.75) is 26.2 Å². The summed E-state index contributed by atoms with van der Waals surface area (Å²) >= 11 is 6.21. The van der Waals surface area contributed by atoms with Gasteiger partial charge in [-0.05, 0) is 46.9 Å². The number of halogens is 3. The molecule has 4 rings (SSSR count). The van der Waals surface area contributed by atoms with Gasteiger partial charge in [-0.3, -0.25) is 0 Å². The molecule has 0 N–H and O–H groups in total. The molecular formula is C25H22Cl2FN. The Morgan fingerprint density at radius 3 is 2.17 bits per heavy atom. The summed E-state index contributed by atoms with van der Waals surface area (Å²) in [6.45, 7) is 6.57. The summed E-state index contributed by atoms with van der Waals surface area (Å²) in [5.74, 6) is -0.260. The van der Waals surface area contributed by atoms with E-state index in [2.05, 4.69) is 45.0 Å². The number of hydrogen-bond acceptors (Lipinski definition) is 1. The normalized spacial score (nSPS) is 11.3. The molecule has 4 aromatic rings. The van der Waals surface area contributed by atoms with Crippen LogP contribution in [0.2, 0.25) is 5.02 Å². The van der Waals surface area contributed by atoms with E-state index in [9.17, 15) is 4.39 Å². The van der Waals surface area contributed by atoms with Crippen LogP contribution in [-0.2, 0) is 5.41 Å². The molecule has 29 heavy (non-hydrogen) atoms. The Morgan fingerprint density at radius 2 is 1.52 bits per heavy atom. The molecule has 0 aliphatic rings. The predicted molar refractivity (Wildman–Crippen MR) is 124 cm³/mol. The molecule has 0 bridgehead atoms. The van der Waals surface area contributed by atoms with E-state index in [1.165, 1.54) is 11.6 Å². The van der Waals surface area contributed by atoms with Crippen LogP contribution >= 0.6 is 24.0 Å². The van der Waals surface area contributed by atoms with Gasteiger partial charge in [-0.1, -0.05) is 74.8 Å². The average molecular weight is 426 g/mol. The van der Waals surface area contributed by atoms with Gasteiger partial charge in [-0.25, -0.2) is 9.37 Å². The zero-order valence-corrected chi connectivity index (χ0v) is 18.1. The Hall–Kier alpha value is -2.42. The van der Waals surface area contributed by atoms with E-state index in [-0.39, 0.29) is 23.6 Å². The Morgan fingerprint density at radius 1 is 0.828 bits per heavy atom. The van der Waals surface area contributed by atoms with Crippen LogP contribution in [0.5, 0.6) is 0 Å². The molecule has 148 valence electrons. The summed E-state index contributed by atoms with van der Waals surface area (Å²) in [6.07, 6.45) is 0. The molecule has 0 radical (unpaired) electrons. The lowest BCUT2D eigenvalue weighted by Crippen LogP contribution is -2.10. The van der Waals surface area contributed by atoms with Crippen molar-refractivity contribution in [3.05, 3.63) is 89.2 Å². The lowest BCUT2D eigenvalue weighted by molar-refractivity contribution is 0.590. The van der Waals surface area contributed by atoms with E-state index < -0.39 is 0 Å². The van der Waals surface area contributed by atoms with Gasteiger partial charge in [0.1, 0.15) is 5.82 Å². The maximum absolute atomic E-state index is 14.6. The van der Waals surface area contributed by atoms with Crippen LogP contribution in [0.25, 0.3) is 33.3 Å². The number of aromatic nitrogens is 1. The lowest BCUT2D eigenvalue weighted by Gasteiger charge is -2.19. The van der Waals surface area contributed by atoms with Crippen LogP contribution in [0, 0.1) is 5.82 Å². The van der Waals surface area contributed by atoms with Crippen LogP contribution in [0.15, 0.2) is 72.8 Å². The summed E-state index contributed by atoms with van der Waals surface area (Å²) in [5, 5.41) is 1.45. The van der Waals surface area contributed by atoms with Crippen LogP contribution in [-0.4, -0.2) is 4.98 Å². The summed E-state index contributed by atoms with van der Waals surface area (Å²) in [7, 11) is 0. The highest BCUT2D eigenvalue weighted by molar-refractivity contribution is 6.31. The van der Waals surface area contributed by atoms with Gasteiger partial charge in [0.05, 0.1) is 11.2 Å². The minimum absolute atomic E-state index is 0. The number of hydrogen-bond donors (Lipinski definition) is 0. The summed E-state index contributed by atoms with van der Waals surface area (Å²) in [6, 6.07) is 22.7. The quantitative estimate of drug-likeness (QED) is 0.316. The molecule has 1 aromatic heterocycles. The molecule has 0 unspecified atom stereocenters. The lowest BCUT2D eigenvalue weighted by atomic mass is 9.86. The van der Waals surface area contributed by atoms with Crippen molar-refractivity contribution in [3.63, 3.8) is 0 Å². The van der Waals surface area contributed by atoms with Crippen molar-refractivity contribution in [3.8, 4) is 22.4 Å². The topological polar surface area (TPSA) is 12.9 Å². The van der Waals surface area contributed by atoms with Crippen molar-refractivity contribution in [2.75, 3.05) is 0 Å². The number of fused-ring (bicyclic) bond motifs is 1. The van der Waals surface area contributed by atoms with Crippen LogP contribution in [0.3, 0.4) is 0 Å². The second kappa shape index (κ2) is 8.14. The van der Waals surface area contributed by atoms with Gasteiger partial charge in [0.25, 0.3) is 0 Å². The predicted octanol–water partition coefficient (Wildman–Crippen LogP) is 8.08. The summed E-state index contributed by atoms with van der Waals surface area (Å²) < 4.78 is 14.6. The molecule has 3 aromatic carbocycles. The molecule has 0 atom stereocenters. The van der Waals surface area contributed by atoms with Gasteiger partial charge in [0.15, 0.2) is 0 Å². The number of rotatable bonds is 2. The molecule has 1 nitrogen and oxygen atoms in total. The molecule has 0 amide bonds. The molecule has 0 fully saturated rings. The van der Waals surface area contributed by atoms with E-state index in [0.29, 0.717) is 10.6 Å². The van der Waals surface area contributed by atoms with Crippen molar-refractivity contribution >= 4 is 34.9 Å². The van der Waals surface area contributed by atoms with Crippen LogP contribution in [0.4, 0.5) is 4.39 Å². The van der Waals surface area contributed by atoms with Gasteiger partial charge >= 0.3 is 0 Å². The second-order valence-corrected chi connectivity index (χ2v) is 8.46. The Balaban J connectivity index is 0.00000240. The Labute approximate surface area is 182 Å². The van der Waals surface area contributed by atoms with Crippen molar-refractivity contribution in [1.29, 1.82) is 0 Å². The first-order chi connectivity index (χ1) is 13.3. The zero-order chi connectivity index (χ0) is 19.9. The van der Waals surface area contributed by atoms with Crippen molar-refractivity contribution in [1.82, 2.24) is 4.98 Å². The van der Waals surface area contributed by atoms with Gasteiger partial charge in [-0.2, -0.15) is 0 Å². The highest BCUT2D eigenvalue weighted by Gasteiger charge is 2.15. The first kappa shape index (κ1) is 21.3. The number of nitrogens with zero attached hydrogens (tertiary/aromatic N) is 1. The van der Waals surface area contributed by atoms with E-state index in [1.54, 1.807) is 12.1 Å². The first-order valence-corrected chi connectivity index (χ1v) is 9.67. The van der Waals surface area contributed by atoms with E-state index in [1.807, 2.05) is 30.3 Å². The van der Waals surface area contributed by atoms with E-state index >= 15 is 0 Å². The van der Waals surface area contributed by atoms with Gasteiger partial charge in [0.2, 0.25) is 0 Å². The van der Waals surface area contributed by atoms with Gasteiger partial charge in [0, 0.05) is 21.5 Å². The van der Waals surface area contributed by atoms with Crippen LogP contribution in [0.1, 0.15) is 26.3 Å². The fourth-order valence-corrected chi connectivity index (χ4v) is 3.56. The largest absolute Gasteiger partial charge is 0.248 e. The molecule has 1 heterocycles. The minimum atomic E-state index is -0.260. The average Bonchev–Trinajstić information content (AvgIpc) is 2.67. The standard InChI is InChI=1S/C25H21ClFN.ClH/c1-25(2,3)17-10-8-16(9-11-17)24-15-20(19-6-4-5-7-22(19)27)21-14-18(26)12-13-23(21)28-24;/h4-15H,1-3H3;1H. The third-order valence-electron chi connectivity index (χ3n) is 4.98. The molecule has 0 aliphatic carbocycles. The molecule has 0 aliphatic heterocycles. The number of pyridine rings is 1. The maximum Gasteiger partial charge on any atom is 0.131 e. The summed E-state index contributed by atoms with van der Waals surface area (Å²) in [4.78, 5) is 4.81. The fourth-order valence-electron chi connectivity index (χ4n) is 3.39. The Bertz CT molecular complexity index is 1160. The molecular weight excluding hydrogens is 404 g/mol. The first-order valence-electron chi connectivity index (χ1n) is 9.29. The minimum Gasteiger partial charge on any atom is -0.248 e. The highest BCUT2D eigenvalue weighted by Crippen LogP contribution is 2.35. The van der Waals surface area contributed by atoms with E-state index in [4.69, 9.17) is 16.6 Å². The van der Waals surface area contributed by atoms with Crippen LogP contribution < -0.4 is 0 Å². The van der Waals surface area contributed by atoms with E-state index in [0.717, 1.165) is 27.7 Å². The molecule has 0 saturated heterocycles. The van der Waals surface area contributed by atoms with Crippen molar-refractivity contribution in [2.24, 2.45) is 0 Å². The van der Waals surface area contributed by atoms with Gasteiger partial charge in [-0.15, -0.1) is 12.4 Å². The Kier molecular flexibility index (Phi) is 5.97. The summed E-state index contributed by atoms with van der Waals surface area (Å²) in [5.41, 5.74) is 5.30.